The maximum Gasteiger partial charge on any atom is 0.330 e. The highest BCUT2D eigenvalue weighted by Crippen LogP contribution is 2.19. The molecule has 124 valence electrons. The van der Waals surface area contributed by atoms with Crippen molar-refractivity contribution < 1.29 is 4.79 Å². The number of nitrogens with zero attached hydrogens (tertiary/aromatic N) is 2. The van der Waals surface area contributed by atoms with Crippen LogP contribution in [0.4, 0.5) is 11.5 Å². The predicted octanol–water partition coefficient (Wildman–Crippen LogP) is 1.32. The first-order valence-corrected chi connectivity index (χ1v) is 7.79. The minimum Gasteiger partial charge on any atom is -0.383 e. The summed E-state index contributed by atoms with van der Waals surface area (Å²) in [6.45, 7) is 8.26. The molecule has 0 spiro atoms. The van der Waals surface area contributed by atoms with E-state index in [4.69, 9.17) is 5.73 Å². The van der Waals surface area contributed by atoms with Gasteiger partial charge in [0.05, 0.1) is 0 Å². The van der Waals surface area contributed by atoms with Crippen molar-refractivity contribution in [2.75, 3.05) is 17.2 Å². The summed E-state index contributed by atoms with van der Waals surface area (Å²) in [4.78, 5) is 40.2. The molecule has 0 saturated carbocycles. The van der Waals surface area contributed by atoms with Crippen molar-refractivity contribution in [2.24, 2.45) is 5.92 Å². The van der Waals surface area contributed by atoms with Crippen molar-refractivity contribution in [3.63, 3.8) is 0 Å². The van der Waals surface area contributed by atoms with Crippen LogP contribution in [0.5, 0.6) is 0 Å². The normalized spacial score (nSPS) is 11.0. The number of unbranched alkanes of at least 4 members (excludes halogenated alkanes) is 1. The number of nitrogens with one attached hydrogen (secondary N) is 1. The highest BCUT2D eigenvalue weighted by Gasteiger charge is 2.25. The Balaban J connectivity index is 3.47. The van der Waals surface area contributed by atoms with E-state index in [-0.39, 0.29) is 23.3 Å². The molecule has 1 aromatic heterocycles. The van der Waals surface area contributed by atoms with E-state index in [1.54, 1.807) is 13.8 Å². The third-order valence-electron chi connectivity index (χ3n) is 3.43. The number of anilines is 2. The summed E-state index contributed by atoms with van der Waals surface area (Å²) in [5.74, 6) is -0.379. The molecule has 1 heterocycles. The summed E-state index contributed by atoms with van der Waals surface area (Å²) in [6, 6.07) is 0. The van der Waals surface area contributed by atoms with Gasteiger partial charge < -0.3 is 10.6 Å². The first-order chi connectivity index (χ1) is 10.3. The Morgan fingerprint density at radius 2 is 1.91 bits per heavy atom. The minimum absolute atomic E-state index is 0.0562. The molecule has 0 aliphatic rings. The molecule has 1 aromatic rings. The molecule has 22 heavy (non-hydrogen) atoms. The van der Waals surface area contributed by atoms with Gasteiger partial charge >= 0.3 is 5.69 Å². The highest BCUT2D eigenvalue weighted by molar-refractivity contribution is 5.96. The lowest BCUT2D eigenvalue weighted by molar-refractivity contribution is -0.121. The molecule has 0 bridgehead atoms. The number of rotatable bonds is 7. The van der Waals surface area contributed by atoms with Gasteiger partial charge in [0.1, 0.15) is 5.82 Å². The number of hydrogen-bond acceptors (Lipinski definition) is 4. The summed E-state index contributed by atoms with van der Waals surface area (Å²) in [5.41, 5.74) is 4.96. The Hall–Kier alpha value is -2.05. The molecule has 3 N–H and O–H groups in total. The maximum absolute atomic E-state index is 12.4. The summed E-state index contributed by atoms with van der Waals surface area (Å²) >= 11 is 0. The molecule has 7 heteroatoms. The Morgan fingerprint density at radius 1 is 1.27 bits per heavy atom. The average Bonchev–Trinajstić information content (AvgIpc) is 2.45. The van der Waals surface area contributed by atoms with Crippen molar-refractivity contribution in [3.05, 3.63) is 20.8 Å². The predicted molar refractivity (Wildman–Crippen MR) is 88.1 cm³/mol. The van der Waals surface area contributed by atoms with E-state index < -0.39 is 11.2 Å². The quantitative estimate of drug-likeness (QED) is 0.793. The summed E-state index contributed by atoms with van der Waals surface area (Å²) in [7, 11) is 0. The Morgan fingerprint density at radius 3 is 2.41 bits per heavy atom. The fourth-order valence-electron chi connectivity index (χ4n) is 2.24. The number of aromatic amines is 1. The van der Waals surface area contributed by atoms with Crippen molar-refractivity contribution in [3.8, 4) is 0 Å². The van der Waals surface area contributed by atoms with Crippen LogP contribution in [0.3, 0.4) is 0 Å². The second kappa shape index (κ2) is 7.82. The van der Waals surface area contributed by atoms with Gasteiger partial charge in [0, 0.05) is 19.0 Å². The van der Waals surface area contributed by atoms with Crippen LogP contribution in [-0.4, -0.2) is 22.0 Å². The smallest absolute Gasteiger partial charge is 0.330 e. The fraction of sp³-hybridized carbons (Fsp3) is 0.667. The molecule has 1 amide bonds. The van der Waals surface area contributed by atoms with Gasteiger partial charge in [0.15, 0.2) is 5.69 Å². The Bertz CT molecular complexity index is 631. The molecule has 0 aliphatic heterocycles. The van der Waals surface area contributed by atoms with Gasteiger partial charge in [0.25, 0.3) is 5.56 Å². The van der Waals surface area contributed by atoms with E-state index in [2.05, 4.69) is 4.98 Å². The molecule has 7 nitrogen and oxygen atoms in total. The van der Waals surface area contributed by atoms with Gasteiger partial charge in [0.2, 0.25) is 5.91 Å². The largest absolute Gasteiger partial charge is 0.383 e. The number of H-pyrrole nitrogens is 1. The lowest BCUT2D eigenvalue weighted by Crippen LogP contribution is -2.43. The number of nitrogens with two attached hydrogens (primary N) is 1. The van der Waals surface area contributed by atoms with Gasteiger partial charge in [-0.25, -0.2) is 4.79 Å². The van der Waals surface area contributed by atoms with Crippen LogP contribution in [0.2, 0.25) is 0 Å². The van der Waals surface area contributed by atoms with Crippen LogP contribution < -0.4 is 21.9 Å². The second-order valence-electron chi connectivity index (χ2n) is 5.64. The molecule has 0 atom stereocenters. The zero-order chi connectivity index (χ0) is 16.9. The van der Waals surface area contributed by atoms with Crippen molar-refractivity contribution in [2.45, 2.75) is 53.5 Å². The standard InChI is InChI=1S/C15H26N4O3/c1-5-7-9-18(14(21)10(3)4)11-12(16)19(8-6-2)15(22)17-13(11)20/h10H,5-9,16H2,1-4H3,(H,17,20,22). The molecule has 0 unspecified atom stereocenters. The van der Waals surface area contributed by atoms with Crippen molar-refractivity contribution in [1.29, 1.82) is 0 Å². The topological polar surface area (TPSA) is 101 Å². The zero-order valence-electron chi connectivity index (χ0n) is 13.8. The van der Waals surface area contributed by atoms with Crippen molar-refractivity contribution in [1.82, 2.24) is 9.55 Å². The van der Waals surface area contributed by atoms with E-state index in [0.29, 0.717) is 19.5 Å². The molecule has 1 rings (SSSR count). The molecule has 0 fully saturated rings. The Labute approximate surface area is 130 Å². The number of carbonyl (C=O) groups excluding carboxylic acids is 1. The van der Waals surface area contributed by atoms with Gasteiger partial charge in [-0.2, -0.15) is 0 Å². The molecular weight excluding hydrogens is 284 g/mol. The highest BCUT2D eigenvalue weighted by atomic mass is 16.2. The maximum atomic E-state index is 12.4. The average molecular weight is 310 g/mol. The summed E-state index contributed by atoms with van der Waals surface area (Å²) in [5, 5.41) is 0. The first-order valence-electron chi connectivity index (χ1n) is 7.79. The lowest BCUT2D eigenvalue weighted by Gasteiger charge is -2.25. The minimum atomic E-state index is -0.611. The lowest BCUT2D eigenvalue weighted by atomic mass is 10.1. The van der Waals surface area contributed by atoms with Crippen molar-refractivity contribution >= 4 is 17.4 Å². The summed E-state index contributed by atoms with van der Waals surface area (Å²) < 4.78 is 1.31. The van der Waals surface area contributed by atoms with Gasteiger partial charge in [-0.15, -0.1) is 0 Å². The molecular formula is C15H26N4O3. The van der Waals surface area contributed by atoms with Gasteiger partial charge in [-0.1, -0.05) is 34.1 Å². The first kappa shape index (κ1) is 18.0. The number of carbonyl (C=O) groups is 1. The third-order valence-corrected chi connectivity index (χ3v) is 3.43. The molecule has 0 aliphatic carbocycles. The fourth-order valence-corrected chi connectivity index (χ4v) is 2.24. The van der Waals surface area contributed by atoms with Crippen LogP contribution in [0.1, 0.15) is 47.0 Å². The summed E-state index contributed by atoms with van der Waals surface area (Å²) in [6.07, 6.45) is 2.33. The van der Waals surface area contributed by atoms with E-state index in [1.165, 1.54) is 9.47 Å². The van der Waals surface area contributed by atoms with E-state index in [0.717, 1.165) is 12.8 Å². The number of amides is 1. The molecule has 0 radical (unpaired) electrons. The van der Waals surface area contributed by atoms with E-state index in [9.17, 15) is 14.4 Å². The monoisotopic (exact) mass is 310 g/mol. The SMILES string of the molecule is CCCCN(C(=O)C(C)C)c1c(N)n(CCC)c(=O)[nH]c1=O. The van der Waals surface area contributed by atoms with E-state index >= 15 is 0 Å². The van der Waals surface area contributed by atoms with Crippen LogP contribution >= 0.6 is 0 Å². The molecule has 0 saturated heterocycles. The van der Waals surface area contributed by atoms with Crippen LogP contribution in [-0.2, 0) is 11.3 Å². The Kier molecular flexibility index (Phi) is 6.39. The van der Waals surface area contributed by atoms with Crippen LogP contribution in [0, 0.1) is 5.92 Å². The number of aromatic nitrogens is 2. The number of nitrogen functional groups attached to an aromatic ring is 1. The van der Waals surface area contributed by atoms with Gasteiger partial charge in [-0.05, 0) is 12.8 Å². The van der Waals surface area contributed by atoms with Crippen LogP contribution in [0.25, 0.3) is 0 Å². The van der Waals surface area contributed by atoms with Crippen LogP contribution in [0.15, 0.2) is 9.59 Å². The van der Waals surface area contributed by atoms with Gasteiger partial charge in [-0.3, -0.25) is 19.1 Å². The third kappa shape index (κ3) is 3.78. The zero-order valence-corrected chi connectivity index (χ0v) is 13.8. The number of hydrogen-bond donors (Lipinski definition) is 2. The van der Waals surface area contributed by atoms with E-state index in [1.807, 2.05) is 13.8 Å². The second-order valence-corrected chi connectivity index (χ2v) is 5.64. The molecule has 0 aromatic carbocycles.